The number of hydrogen-bond acceptors (Lipinski definition) is 3. The van der Waals surface area contributed by atoms with Crippen LogP contribution < -0.4 is 4.74 Å². The molecular formula is C14H19NO4. The van der Waals surface area contributed by atoms with Crippen molar-refractivity contribution in [2.45, 2.75) is 19.8 Å². The number of likely N-dealkylation sites (N-methyl/N-ethyl adjacent to an activating group) is 1. The molecule has 0 heterocycles. The Morgan fingerprint density at radius 3 is 2.58 bits per heavy atom. The third-order valence-electron chi connectivity index (χ3n) is 2.76. The molecule has 5 heteroatoms. The first-order valence-electron chi connectivity index (χ1n) is 6.15. The lowest BCUT2D eigenvalue weighted by atomic mass is 10.2. The molecule has 0 aliphatic carbocycles. The van der Waals surface area contributed by atoms with Crippen LogP contribution in [-0.2, 0) is 9.59 Å². The van der Waals surface area contributed by atoms with Crippen molar-refractivity contribution < 1.29 is 19.4 Å². The number of hydrogen-bond donors (Lipinski definition) is 1. The maximum atomic E-state index is 11.6. The lowest BCUT2D eigenvalue weighted by Crippen LogP contribution is -2.31. The zero-order valence-corrected chi connectivity index (χ0v) is 11.3. The summed E-state index contributed by atoms with van der Waals surface area (Å²) in [6, 6.07) is 7.66. The van der Waals surface area contributed by atoms with Gasteiger partial charge >= 0.3 is 5.97 Å². The van der Waals surface area contributed by atoms with Crippen LogP contribution in [0, 0.1) is 6.92 Å². The third-order valence-corrected chi connectivity index (χ3v) is 2.76. The quantitative estimate of drug-likeness (QED) is 0.814. The Morgan fingerprint density at radius 2 is 1.95 bits per heavy atom. The average Bonchev–Trinajstić information content (AvgIpc) is 2.38. The molecule has 0 aliphatic rings. The number of para-hydroxylation sites is 1. The standard InChI is InChI=1S/C14H19NO4/c1-11-5-3-4-6-12(11)19-10-9-15(2)13(16)7-8-14(17)18/h3-6H,7-10H2,1-2H3,(H,17,18). The van der Waals surface area contributed by atoms with Crippen molar-refractivity contribution in [2.75, 3.05) is 20.2 Å². The number of carbonyl (C=O) groups excluding carboxylic acids is 1. The minimum Gasteiger partial charge on any atom is -0.491 e. The van der Waals surface area contributed by atoms with Gasteiger partial charge in [-0.2, -0.15) is 0 Å². The predicted molar refractivity (Wildman–Crippen MR) is 71.2 cm³/mol. The van der Waals surface area contributed by atoms with E-state index in [0.29, 0.717) is 13.2 Å². The largest absolute Gasteiger partial charge is 0.491 e. The molecule has 0 radical (unpaired) electrons. The molecule has 1 N–H and O–H groups in total. The first-order chi connectivity index (χ1) is 9.00. The summed E-state index contributed by atoms with van der Waals surface area (Å²) in [5, 5.41) is 8.50. The Bertz CT molecular complexity index is 445. The van der Waals surface area contributed by atoms with E-state index in [1.54, 1.807) is 7.05 Å². The highest BCUT2D eigenvalue weighted by Crippen LogP contribution is 2.15. The second-order valence-corrected chi connectivity index (χ2v) is 4.32. The zero-order valence-electron chi connectivity index (χ0n) is 11.3. The second-order valence-electron chi connectivity index (χ2n) is 4.32. The highest BCUT2D eigenvalue weighted by molar-refractivity contribution is 5.80. The number of benzene rings is 1. The number of amides is 1. The molecule has 1 rings (SSSR count). The van der Waals surface area contributed by atoms with Crippen LogP contribution in [0.4, 0.5) is 0 Å². The van der Waals surface area contributed by atoms with Gasteiger partial charge in [-0.1, -0.05) is 18.2 Å². The maximum absolute atomic E-state index is 11.6. The van der Waals surface area contributed by atoms with Crippen LogP contribution >= 0.6 is 0 Å². The Labute approximate surface area is 112 Å². The first kappa shape index (κ1) is 15.0. The molecule has 1 amide bonds. The zero-order chi connectivity index (χ0) is 14.3. The summed E-state index contributed by atoms with van der Waals surface area (Å²) < 4.78 is 5.57. The fourth-order valence-electron chi connectivity index (χ4n) is 1.54. The van der Waals surface area contributed by atoms with Crippen LogP contribution in [0.3, 0.4) is 0 Å². The summed E-state index contributed by atoms with van der Waals surface area (Å²) >= 11 is 0. The monoisotopic (exact) mass is 265 g/mol. The minimum absolute atomic E-state index is 0.0240. The van der Waals surface area contributed by atoms with Gasteiger partial charge in [0.2, 0.25) is 5.91 Å². The molecular weight excluding hydrogens is 246 g/mol. The van der Waals surface area contributed by atoms with Crippen LogP contribution in [0.1, 0.15) is 18.4 Å². The molecule has 0 saturated carbocycles. The molecule has 0 atom stereocenters. The van der Waals surface area contributed by atoms with Gasteiger partial charge in [-0.3, -0.25) is 9.59 Å². The molecule has 0 bridgehead atoms. The van der Waals surface area contributed by atoms with Crippen LogP contribution in [0.25, 0.3) is 0 Å². The van der Waals surface area contributed by atoms with Crippen molar-refractivity contribution in [3.8, 4) is 5.75 Å². The van der Waals surface area contributed by atoms with E-state index in [0.717, 1.165) is 11.3 Å². The molecule has 0 spiro atoms. The van der Waals surface area contributed by atoms with Crippen LogP contribution in [0.2, 0.25) is 0 Å². The van der Waals surface area contributed by atoms with Gasteiger partial charge in [0, 0.05) is 13.5 Å². The van der Waals surface area contributed by atoms with Gasteiger partial charge in [-0.05, 0) is 18.6 Å². The first-order valence-corrected chi connectivity index (χ1v) is 6.15. The van der Waals surface area contributed by atoms with Crippen molar-refractivity contribution in [2.24, 2.45) is 0 Å². The van der Waals surface area contributed by atoms with Gasteiger partial charge in [0.15, 0.2) is 0 Å². The van der Waals surface area contributed by atoms with E-state index in [1.165, 1.54) is 4.90 Å². The lowest BCUT2D eigenvalue weighted by molar-refractivity contribution is -0.140. The van der Waals surface area contributed by atoms with Crippen LogP contribution in [0.15, 0.2) is 24.3 Å². The van der Waals surface area contributed by atoms with Gasteiger partial charge < -0.3 is 14.7 Å². The summed E-state index contributed by atoms with van der Waals surface area (Å²) in [7, 11) is 1.64. The molecule has 19 heavy (non-hydrogen) atoms. The number of carboxylic acids is 1. The van der Waals surface area contributed by atoms with E-state index in [9.17, 15) is 9.59 Å². The topological polar surface area (TPSA) is 66.8 Å². The predicted octanol–water partition coefficient (Wildman–Crippen LogP) is 1.70. The van der Waals surface area contributed by atoms with Crippen molar-refractivity contribution in [3.05, 3.63) is 29.8 Å². The Morgan fingerprint density at radius 1 is 1.26 bits per heavy atom. The van der Waals surface area contributed by atoms with Crippen molar-refractivity contribution in [1.29, 1.82) is 0 Å². The van der Waals surface area contributed by atoms with E-state index in [4.69, 9.17) is 9.84 Å². The normalized spacial score (nSPS) is 10.0. The number of rotatable bonds is 7. The fraction of sp³-hybridized carbons (Fsp3) is 0.429. The second kappa shape index (κ2) is 7.41. The molecule has 5 nitrogen and oxygen atoms in total. The molecule has 1 aromatic carbocycles. The molecule has 0 unspecified atom stereocenters. The fourth-order valence-corrected chi connectivity index (χ4v) is 1.54. The Kier molecular flexibility index (Phi) is 5.85. The van der Waals surface area contributed by atoms with Gasteiger partial charge in [0.05, 0.1) is 13.0 Å². The third kappa shape index (κ3) is 5.42. The van der Waals surface area contributed by atoms with E-state index in [-0.39, 0.29) is 18.7 Å². The SMILES string of the molecule is Cc1ccccc1OCCN(C)C(=O)CCC(=O)O. The number of aryl methyl sites for hydroxylation is 1. The summed E-state index contributed by atoms with van der Waals surface area (Å²) in [5.41, 5.74) is 1.04. The van der Waals surface area contributed by atoms with E-state index in [2.05, 4.69) is 0 Å². The van der Waals surface area contributed by atoms with Gasteiger partial charge in [0.1, 0.15) is 12.4 Å². The number of nitrogens with zero attached hydrogens (tertiary/aromatic N) is 1. The number of aliphatic carboxylic acids is 1. The molecule has 0 fully saturated rings. The van der Waals surface area contributed by atoms with Crippen molar-refractivity contribution in [3.63, 3.8) is 0 Å². The van der Waals surface area contributed by atoms with Crippen molar-refractivity contribution >= 4 is 11.9 Å². The summed E-state index contributed by atoms with van der Waals surface area (Å²) in [4.78, 5) is 23.4. The lowest BCUT2D eigenvalue weighted by Gasteiger charge is -2.17. The highest BCUT2D eigenvalue weighted by Gasteiger charge is 2.10. The molecule has 104 valence electrons. The summed E-state index contributed by atoms with van der Waals surface area (Å²) in [5.74, 6) is -0.345. The van der Waals surface area contributed by atoms with Crippen LogP contribution in [-0.4, -0.2) is 42.1 Å². The smallest absolute Gasteiger partial charge is 0.303 e. The molecule has 0 aliphatic heterocycles. The Balaban J connectivity index is 2.30. The van der Waals surface area contributed by atoms with Gasteiger partial charge in [-0.15, -0.1) is 0 Å². The van der Waals surface area contributed by atoms with Gasteiger partial charge in [-0.25, -0.2) is 0 Å². The number of ether oxygens (including phenoxy) is 1. The van der Waals surface area contributed by atoms with E-state index < -0.39 is 5.97 Å². The summed E-state index contributed by atoms with van der Waals surface area (Å²) in [6.07, 6.45) is -0.113. The number of carbonyl (C=O) groups is 2. The Hall–Kier alpha value is -2.04. The maximum Gasteiger partial charge on any atom is 0.303 e. The summed E-state index contributed by atoms with van der Waals surface area (Å²) in [6.45, 7) is 2.78. The average molecular weight is 265 g/mol. The minimum atomic E-state index is -0.960. The van der Waals surface area contributed by atoms with E-state index in [1.807, 2.05) is 31.2 Å². The highest BCUT2D eigenvalue weighted by atomic mass is 16.5. The molecule has 1 aromatic rings. The van der Waals surface area contributed by atoms with E-state index >= 15 is 0 Å². The van der Waals surface area contributed by atoms with Gasteiger partial charge in [0.25, 0.3) is 0 Å². The molecule has 0 saturated heterocycles. The number of carboxylic acid groups (broad SMARTS) is 1. The van der Waals surface area contributed by atoms with Crippen molar-refractivity contribution in [1.82, 2.24) is 4.90 Å². The van der Waals surface area contributed by atoms with Crippen LogP contribution in [0.5, 0.6) is 5.75 Å². The molecule has 0 aromatic heterocycles.